The Balaban J connectivity index is 1.76. The van der Waals surface area contributed by atoms with E-state index in [4.69, 9.17) is 9.47 Å². The van der Waals surface area contributed by atoms with Crippen LogP contribution in [0.3, 0.4) is 0 Å². The highest BCUT2D eigenvalue weighted by atomic mass is 19.1. The van der Waals surface area contributed by atoms with Gasteiger partial charge >= 0.3 is 0 Å². The molecule has 0 spiro atoms. The Morgan fingerprint density at radius 1 is 1.50 bits per heavy atom. The van der Waals surface area contributed by atoms with Crippen LogP contribution in [0.5, 0.6) is 5.88 Å². The molecule has 1 aromatic heterocycles. The Hall–Kier alpha value is -1.43. The van der Waals surface area contributed by atoms with E-state index in [-0.39, 0.29) is 12.0 Å². The van der Waals surface area contributed by atoms with Crippen LogP contribution in [0.4, 0.5) is 10.3 Å². The van der Waals surface area contributed by atoms with Crippen molar-refractivity contribution in [1.29, 1.82) is 0 Å². The van der Waals surface area contributed by atoms with E-state index in [1.165, 1.54) is 20.0 Å². The lowest BCUT2D eigenvalue weighted by molar-refractivity contribution is 0.0258. The predicted molar refractivity (Wildman–Crippen MR) is 63.2 cm³/mol. The fourth-order valence-corrected chi connectivity index (χ4v) is 2.25. The predicted octanol–water partition coefficient (Wildman–Crippen LogP) is 1.24. The molecule has 1 atom stereocenters. The number of methoxy groups -OCH3 is 1. The monoisotopic (exact) mass is 253 g/mol. The molecule has 1 aliphatic carbocycles. The molecule has 0 unspecified atom stereocenters. The molecular formula is C12H16FN3O2. The first-order valence-corrected chi connectivity index (χ1v) is 6.21. The highest BCUT2D eigenvalue weighted by Crippen LogP contribution is 2.36. The van der Waals surface area contributed by atoms with Crippen molar-refractivity contribution in [2.45, 2.75) is 18.9 Å². The van der Waals surface area contributed by atoms with Crippen molar-refractivity contribution in [1.82, 2.24) is 9.97 Å². The Kier molecular flexibility index (Phi) is 3.03. The van der Waals surface area contributed by atoms with Crippen molar-refractivity contribution < 1.29 is 13.9 Å². The number of aromatic nitrogens is 2. The molecule has 0 radical (unpaired) electrons. The van der Waals surface area contributed by atoms with E-state index in [2.05, 4.69) is 9.97 Å². The van der Waals surface area contributed by atoms with Gasteiger partial charge in [-0.3, -0.25) is 0 Å². The smallest absolute Gasteiger partial charge is 0.255 e. The van der Waals surface area contributed by atoms with Crippen molar-refractivity contribution in [3.05, 3.63) is 12.0 Å². The maximum Gasteiger partial charge on any atom is 0.255 e. The molecule has 2 aliphatic rings. The summed E-state index contributed by atoms with van der Waals surface area (Å²) in [5.41, 5.74) is 0. The minimum atomic E-state index is -0.534. The SMILES string of the molecule is COc1nc(N2CCO[C@@H](C3CC3)C2)ncc1F. The van der Waals surface area contributed by atoms with Gasteiger partial charge in [-0.05, 0) is 18.8 Å². The number of ether oxygens (including phenoxy) is 2. The Bertz CT molecular complexity index is 439. The molecule has 18 heavy (non-hydrogen) atoms. The first-order chi connectivity index (χ1) is 8.78. The summed E-state index contributed by atoms with van der Waals surface area (Å²) in [6.45, 7) is 2.18. The third-order valence-corrected chi connectivity index (χ3v) is 3.42. The van der Waals surface area contributed by atoms with Crippen molar-refractivity contribution in [3.8, 4) is 5.88 Å². The molecular weight excluding hydrogens is 237 g/mol. The van der Waals surface area contributed by atoms with Gasteiger partial charge in [-0.1, -0.05) is 0 Å². The Labute approximate surface area is 105 Å². The molecule has 0 N–H and O–H groups in total. The summed E-state index contributed by atoms with van der Waals surface area (Å²) in [6.07, 6.45) is 3.90. The average molecular weight is 253 g/mol. The van der Waals surface area contributed by atoms with Crippen LogP contribution in [0, 0.1) is 11.7 Å². The largest absolute Gasteiger partial charge is 0.479 e. The number of hydrogen-bond acceptors (Lipinski definition) is 5. The topological polar surface area (TPSA) is 47.5 Å². The Morgan fingerprint density at radius 2 is 2.33 bits per heavy atom. The van der Waals surface area contributed by atoms with Crippen LogP contribution in [0.25, 0.3) is 0 Å². The minimum absolute atomic E-state index is 0.00513. The molecule has 98 valence electrons. The minimum Gasteiger partial charge on any atom is -0.479 e. The second-order valence-electron chi connectivity index (χ2n) is 4.72. The van der Waals surface area contributed by atoms with Gasteiger partial charge in [-0.25, -0.2) is 4.98 Å². The molecule has 0 aromatic carbocycles. The Morgan fingerprint density at radius 3 is 3.06 bits per heavy atom. The summed E-state index contributed by atoms with van der Waals surface area (Å²) >= 11 is 0. The maximum atomic E-state index is 13.3. The maximum absolute atomic E-state index is 13.3. The molecule has 2 heterocycles. The normalized spacial score (nSPS) is 24.1. The van der Waals surface area contributed by atoms with Gasteiger partial charge < -0.3 is 14.4 Å². The number of morpholine rings is 1. The lowest BCUT2D eigenvalue weighted by Gasteiger charge is -2.33. The van der Waals surface area contributed by atoms with Crippen LogP contribution >= 0.6 is 0 Å². The van der Waals surface area contributed by atoms with Crippen LogP contribution in [0.1, 0.15) is 12.8 Å². The third kappa shape index (κ3) is 2.25. The quantitative estimate of drug-likeness (QED) is 0.811. The van der Waals surface area contributed by atoms with Gasteiger partial charge in [0.05, 0.1) is 26.0 Å². The molecule has 1 saturated carbocycles. The third-order valence-electron chi connectivity index (χ3n) is 3.42. The number of hydrogen-bond donors (Lipinski definition) is 0. The summed E-state index contributed by atoms with van der Waals surface area (Å²) < 4.78 is 23.9. The first-order valence-electron chi connectivity index (χ1n) is 6.21. The fourth-order valence-electron chi connectivity index (χ4n) is 2.25. The summed E-state index contributed by atoms with van der Waals surface area (Å²) in [5, 5.41) is 0. The first kappa shape index (κ1) is 11.6. The highest BCUT2D eigenvalue weighted by Gasteiger charge is 2.35. The highest BCUT2D eigenvalue weighted by molar-refractivity contribution is 5.33. The molecule has 1 saturated heterocycles. The van der Waals surface area contributed by atoms with Crippen molar-refractivity contribution in [3.63, 3.8) is 0 Å². The van der Waals surface area contributed by atoms with Gasteiger partial charge in [-0.2, -0.15) is 9.37 Å². The van der Waals surface area contributed by atoms with Crippen molar-refractivity contribution >= 4 is 5.95 Å². The standard InChI is InChI=1S/C12H16FN3O2/c1-17-11-9(13)6-14-12(15-11)16-4-5-18-10(7-16)8-2-3-8/h6,8,10H,2-5,7H2,1H3/t10-/m1/s1. The van der Waals surface area contributed by atoms with Crippen LogP contribution in [-0.4, -0.2) is 42.9 Å². The van der Waals surface area contributed by atoms with Crippen LogP contribution in [-0.2, 0) is 4.74 Å². The lowest BCUT2D eigenvalue weighted by Crippen LogP contribution is -2.44. The van der Waals surface area contributed by atoms with E-state index < -0.39 is 5.82 Å². The number of nitrogens with zero attached hydrogens (tertiary/aromatic N) is 3. The fraction of sp³-hybridized carbons (Fsp3) is 0.667. The summed E-state index contributed by atoms with van der Waals surface area (Å²) in [4.78, 5) is 10.2. The van der Waals surface area contributed by atoms with Crippen LogP contribution in [0.2, 0.25) is 0 Å². The second kappa shape index (κ2) is 4.68. The number of anilines is 1. The van der Waals surface area contributed by atoms with E-state index >= 15 is 0 Å². The summed E-state index contributed by atoms with van der Waals surface area (Å²) in [6, 6.07) is 0. The lowest BCUT2D eigenvalue weighted by atomic mass is 10.2. The molecule has 1 aliphatic heterocycles. The average Bonchev–Trinajstić information content (AvgIpc) is 3.24. The van der Waals surface area contributed by atoms with Crippen LogP contribution in [0.15, 0.2) is 6.20 Å². The van der Waals surface area contributed by atoms with Gasteiger partial charge in [-0.15, -0.1) is 0 Å². The van der Waals surface area contributed by atoms with E-state index in [1.54, 1.807) is 0 Å². The second-order valence-corrected chi connectivity index (χ2v) is 4.72. The molecule has 5 nitrogen and oxygen atoms in total. The van der Waals surface area contributed by atoms with Crippen molar-refractivity contribution in [2.75, 3.05) is 31.7 Å². The molecule has 3 rings (SSSR count). The zero-order chi connectivity index (χ0) is 12.5. The van der Waals surface area contributed by atoms with Gasteiger partial charge in [0.25, 0.3) is 5.88 Å². The molecule has 2 fully saturated rings. The van der Waals surface area contributed by atoms with Gasteiger partial charge in [0.2, 0.25) is 11.8 Å². The number of rotatable bonds is 3. The van der Waals surface area contributed by atoms with E-state index in [0.29, 0.717) is 18.5 Å². The zero-order valence-electron chi connectivity index (χ0n) is 10.3. The molecule has 6 heteroatoms. The molecule has 1 aromatic rings. The van der Waals surface area contributed by atoms with Gasteiger partial charge in [0.1, 0.15) is 0 Å². The zero-order valence-corrected chi connectivity index (χ0v) is 10.3. The summed E-state index contributed by atoms with van der Waals surface area (Å²) in [7, 11) is 1.40. The number of halogens is 1. The molecule has 0 bridgehead atoms. The van der Waals surface area contributed by atoms with E-state index in [9.17, 15) is 4.39 Å². The van der Waals surface area contributed by atoms with Crippen molar-refractivity contribution in [2.24, 2.45) is 5.92 Å². The van der Waals surface area contributed by atoms with E-state index in [1.807, 2.05) is 4.90 Å². The van der Waals surface area contributed by atoms with E-state index in [0.717, 1.165) is 19.3 Å². The van der Waals surface area contributed by atoms with Gasteiger partial charge in [0, 0.05) is 13.1 Å². The summed E-state index contributed by atoms with van der Waals surface area (Å²) in [5.74, 6) is 0.653. The van der Waals surface area contributed by atoms with Crippen LogP contribution < -0.4 is 9.64 Å². The van der Waals surface area contributed by atoms with Gasteiger partial charge in [0.15, 0.2) is 0 Å². The molecule has 0 amide bonds.